The van der Waals surface area contributed by atoms with E-state index in [2.05, 4.69) is 13.8 Å². The molecule has 4 heterocycles. The molecule has 5 fully saturated rings. The number of nitrogens with two attached hydrogens (primary N) is 1. The molecule has 1 aliphatic carbocycles. The molecule has 6 nitrogen and oxygen atoms in total. The van der Waals surface area contributed by atoms with Crippen LogP contribution < -0.4 is 5.90 Å². The van der Waals surface area contributed by atoms with Crippen LogP contribution in [0.15, 0.2) is 0 Å². The lowest BCUT2D eigenvalue weighted by Gasteiger charge is -2.59. The summed E-state index contributed by atoms with van der Waals surface area (Å²) in [7, 11) is 0. The first-order valence-electron chi connectivity index (χ1n) is 8.06. The largest absolute Gasteiger partial charge is 0.318 e. The fourth-order valence-electron chi connectivity index (χ4n) is 5.03. The molecule has 2 N–H and O–H groups in total. The quantitative estimate of drug-likeness (QED) is 0.590. The summed E-state index contributed by atoms with van der Waals surface area (Å²) in [4.78, 5) is 16.8. The van der Waals surface area contributed by atoms with Gasteiger partial charge in [-0.05, 0) is 38.0 Å². The summed E-state index contributed by atoms with van der Waals surface area (Å²) in [6.07, 6.45) is 3.17. The summed E-state index contributed by atoms with van der Waals surface area (Å²) in [5.41, 5.74) is -0.526. The van der Waals surface area contributed by atoms with Crippen molar-refractivity contribution in [3.05, 3.63) is 0 Å². The Kier molecular flexibility index (Phi) is 3.17. The number of hydrogen-bond donors (Lipinski definition) is 1. The van der Waals surface area contributed by atoms with Crippen molar-refractivity contribution in [2.24, 2.45) is 29.6 Å². The molecule has 4 unspecified atom stereocenters. The van der Waals surface area contributed by atoms with Crippen molar-refractivity contribution >= 4 is 0 Å². The van der Waals surface area contributed by atoms with Gasteiger partial charge in [0.1, 0.15) is 0 Å². The third kappa shape index (κ3) is 1.81. The molecular formula is C15H25NO5. The average molecular weight is 299 g/mol. The molecular weight excluding hydrogens is 274 g/mol. The van der Waals surface area contributed by atoms with Gasteiger partial charge in [-0.15, -0.1) is 0 Å². The minimum absolute atomic E-state index is 0.149. The van der Waals surface area contributed by atoms with Crippen LogP contribution in [0.5, 0.6) is 0 Å². The predicted octanol–water partition coefficient (Wildman–Crippen LogP) is 2.08. The second-order valence-corrected chi connectivity index (χ2v) is 7.41. The number of rotatable bonds is 1. The molecule has 1 saturated carbocycles. The van der Waals surface area contributed by atoms with E-state index in [9.17, 15) is 0 Å². The predicted molar refractivity (Wildman–Crippen MR) is 72.1 cm³/mol. The van der Waals surface area contributed by atoms with E-state index in [1.807, 2.05) is 6.92 Å². The van der Waals surface area contributed by atoms with Crippen molar-refractivity contribution in [1.82, 2.24) is 0 Å². The van der Waals surface area contributed by atoms with Gasteiger partial charge < -0.3 is 9.47 Å². The molecule has 8 atom stereocenters. The molecule has 0 aromatic heterocycles. The van der Waals surface area contributed by atoms with Gasteiger partial charge in [0.2, 0.25) is 5.79 Å². The molecule has 21 heavy (non-hydrogen) atoms. The third-order valence-electron chi connectivity index (χ3n) is 6.23. The fourth-order valence-corrected chi connectivity index (χ4v) is 5.03. The fraction of sp³-hybridized carbons (Fsp3) is 1.00. The standard InChI is InChI=1S/C15H25NO5/c1-8-4-5-11-9(2)12(19-16)17-13-15(11)10(8)6-7-14(3,18-13)20-21-15/h8-13H,4-7,16H2,1-3H3/t8-,9-,10?,11?,12?,13?,14+,15-/m1/s1. The SMILES string of the molecule is C[C@H]1C(ON)OC2O[C@]3(C)CCC4[C@H](C)CCC1[C@@]24OO3. The summed E-state index contributed by atoms with van der Waals surface area (Å²) in [6.45, 7) is 6.33. The van der Waals surface area contributed by atoms with Crippen LogP contribution >= 0.6 is 0 Å². The average Bonchev–Trinajstić information content (AvgIpc) is 2.69. The Hall–Kier alpha value is -0.240. The maximum atomic E-state index is 6.15. The van der Waals surface area contributed by atoms with Gasteiger partial charge >= 0.3 is 0 Å². The summed E-state index contributed by atoms with van der Waals surface area (Å²) in [5.74, 6) is 6.06. The van der Waals surface area contributed by atoms with Gasteiger partial charge in [-0.25, -0.2) is 15.7 Å². The van der Waals surface area contributed by atoms with Crippen molar-refractivity contribution in [3.63, 3.8) is 0 Å². The normalized spacial score (nSPS) is 59.4. The van der Waals surface area contributed by atoms with Crippen molar-refractivity contribution in [2.45, 2.75) is 70.4 Å². The number of fused-ring (bicyclic) bond motifs is 2. The minimum atomic E-state index is -0.739. The van der Waals surface area contributed by atoms with Crippen LogP contribution in [0, 0.1) is 23.7 Å². The first-order valence-corrected chi connectivity index (χ1v) is 8.06. The van der Waals surface area contributed by atoms with Gasteiger partial charge in [-0.1, -0.05) is 13.8 Å². The van der Waals surface area contributed by atoms with Gasteiger partial charge in [0.25, 0.3) is 0 Å². The van der Waals surface area contributed by atoms with Crippen LogP contribution in [-0.2, 0) is 24.1 Å². The van der Waals surface area contributed by atoms with Crippen LogP contribution in [-0.4, -0.2) is 24.0 Å². The Balaban J connectivity index is 1.79. The van der Waals surface area contributed by atoms with E-state index in [-0.39, 0.29) is 11.8 Å². The molecule has 4 saturated heterocycles. The molecule has 0 radical (unpaired) electrons. The van der Waals surface area contributed by atoms with Crippen LogP contribution in [0.3, 0.4) is 0 Å². The van der Waals surface area contributed by atoms with E-state index in [1.165, 1.54) is 6.42 Å². The van der Waals surface area contributed by atoms with Crippen molar-refractivity contribution in [3.8, 4) is 0 Å². The van der Waals surface area contributed by atoms with Gasteiger partial charge in [0, 0.05) is 18.3 Å². The summed E-state index contributed by atoms with van der Waals surface area (Å²) < 4.78 is 12.2. The Bertz CT molecular complexity index is 434. The molecule has 0 aromatic carbocycles. The first-order chi connectivity index (χ1) is 10.00. The van der Waals surface area contributed by atoms with E-state index in [0.29, 0.717) is 11.8 Å². The highest BCUT2D eigenvalue weighted by molar-refractivity contribution is 5.08. The van der Waals surface area contributed by atoms with Crippen molar-refractivity contribution in [2.75, 3.05) is 0 Å². The van der Waals surface area contributed by atoms with Gasteiger partial charge in [0.05, 0.1) is 0 Å². The lowest BCUT2D eigenvalue weighted by atomic mass is 9.58. The Morgan fingerprint density at radius 1 is 1.10 bits per heavy atom. The van der Waals surface area contributed by atoms with Crippen LogP contribution in [0.2, 0.25) is 0 Å². The summed E-state index contributed by atoms with van der Waals surface area (Å²) in [5, 5.41) is 0. The molecule has 1 spiro atoms. The maximum absolute atomic E-state index is 6.15. The molecule has 120 valence electrons. The van der Waals surface area contributed by atoms with E-state index in [4.69, 9.17) is 30.0 Å². The van der Waals surface area contributed by atoms with Crippen LogP contribution in [0.25, 0.3) is 0 Å². The Labute approximate surface area is 125 Å². The van der Waals surface area contributed by atoms with Crippen molar-refractivity contribution < 1.29 is 24.1 Å². The Morgan fingerprint density at radius 3 is 2.67 bits per heavy atom. The smallest absolute Gasteiger partial charge is 0.201 e. The zero-order valence-corrected chi connectivity index (χ0v) is 12.9. The molecule has 6 heteroatoms. The van der Waals surface area contributed by atoms with E-state index < -0.39 is 24.0 Å². The zero-order valence-electron chi connectivity index (χ0n) is 12.9. The van der Waals surface area contributed by atoms with Crippen LogP contribution in [0.1, 0.15) is 46.5 Å². The Morgan fingerprint density at radius 2 is 1.90 bits per heavy atom. The molecule has 5 rings (SSSR count). The molecule has 5 aliphatic rings. The minimum Gasteiger partial charge on any atom is -0.318 e. The number of ether oxygens (including phenoxy) is 2. The number of hydrogen-bond acceptors (Lipinski definition) is 6. The van der Waals surface area contributed by atoms with E-state index in [1.54, 1.807) is 0 Å². The molecule has 4 aliphatic heterocycles. The molecule has 2 bridgehead atoms. The van der Waals surface area contributed by atoms with Crippen molar-refractivity contribution in [1.29, 1.82) is 0 Å². The maximum Gasteiger partial charge on any atom is 0.201 e. The third-order valence-corrected chi connectivity index (χ3v) is 6.23. The monoisotopic (exact) mass is 299 g/mol. The molecule has 0 aromatic rings. The van der Waals surface area contributed by atoms with Gasteiger partial charge in [-0.3, -0.25) is 4.84 Å². The van der Waals surface area contributed by atoms with Crippen LogP contribution in [0.4, 0.5) is 0 Å². The highest BCUT2D eigenvalue weighted by Crippen LogP contribution is 2.60. The summed E-state index contributed by atoms with van der Waals surface area (Å²) >= 11 is 0. The van der Waals surface area contributed by atoms with E-state index in [0.717, 1.165) is 19.3 Å². The van der Waals surface area contributed by atoms with Gasteiger partial charge in [-0.2, -0.15) is 0 Å². The second kappa shape index (κ2) is 4.63. The molecule has 0 amide bonds. The van der Waals surface area contributed by atoms with E-state index >= 15 is 0 Å². The lowest BCUT2D eigenvalue weighted by Crippen LogP contribution is -2.70. The lowest BCUT2D eigenvalue weighted by molar-refractivity contribution is -0.577. The second-order valence-electron chi connectivity index (χ2n) is 7.41. The topological polar surface area (TPSA) is 72.2 Å². The zero-order chi connectivity index (χ0) is 14.8. The van der Waals surface area contributed by atoms with Gasteiger partial charge in [0.15, 0.2) is 18.2 Å². The highest BCUT2D eigenvalue weighted by Gasteiger charge is 2.69. The summed E-state index contributed by atoms with van der Waals surface area (Å²) in [6, 6.07) is 0. The first kappa shape index (κ1) is 14.4. The highest BCUT2D eigenvalue weighted by atomic mass is 17.3.